The number of nitrogen functional groups attached to an aromatic ring is 1. The van der Waals surface area contributed by atoms with E-state index in [1.54, 1.807) is 7.11 Å². The molecule has 0 aliphatic heterocycles. The van der Waals surface area contributed by atoms with Crippen LogP contribution in [0.15, 0.2) is 30.3 Å². The minimum absolute atomic E-state index is 0.104. The Morgan fingerprint density at radius 2 is 1.78 bits per heavy atom. The number of nitrogens with zero attached hydrogens (tertiary/aromatic N) is 2. The molecule has 2 rings (SSSR count). The van der Waals surface area contributed by atoms with E-state index in [1.165, 1.54) is 0 Å². The number of rotatable bonds is 2. The van der Waals surface area contributed by atoms with Crippen molar-refractivity contribution >= 4 is 5.82 Å². The second-order valence-electron chi connectivity index (χ2n) is 5.27. The van der Waals surface area contributed by atoms with Crippen LogP contribution >= 0.6 is 0 Å². The molecule has 0 fully saturated rings. The molecule has 1 aromatic heterocycles. The third-order valence-electron chi connectivity index (χ3n) is 2.75. The van der Waals surface area contributed by atoms with Gasteiger partial charge in [-0.3, -0.25) is 4.68 Å². The van der Waals surface area contributed by atoms with Crippen LogP contribution in [0.1, 0.15) is 20.8 Å². The van der Waals surface area contributed by atoms with Crippen LogP contribution in [-0.4, -0.2) is 16.9 Å². The average Bonchev–Trinajstić information content (AvgIpc) is 2.71. The summed E-state index contributed by atoms with van der Waals surface area (Å²) in [6, 6.07) is 9.79. The predicted octanol–water partition coefficient (Wildman–Crippen LogP) is 2.90. The lowest BCUT2D eigenvalue weighted by atomic mass is 10.1. The molecular weight excluding hydrogens is 226 g/mol. The zero-order valence-corrected chi connectivity index (χ0v) is 11.3. The van der Waals surface area contributed by atoms with E-state index in [1.807, 2.05) is 35.0 Å². The van der Waals surface area contributed by atoms with Gasteiger partial charge in [-0.15, -0.1) is 0 Å². The maximum atomic E-state index is 5.81. The summed E-state index contributed by atoms with van der Waals surface area (Å²) in [5.41, 5.74) is 7.80. The van der Waals surface area contributed by atoms with E-state index in [-0.39, 0.29) is 5.54 Å². The number of hydrogen-bond acceptors (Lipinski definition) is 3. The molecule has 0 bridgehead atoms. The quantitative estimate of drug-likeness (QED) is 0.885. The van der Waals surface area contributed by atoms with Crippen molar-refractivity contribution in [3.8, 4) is 17.0 Å². The number of anilines is 1. The van der Waals surface area contributed by atoms with Gasteiger partial charge in [0.2, 0.25) is 0 Å². The molecule has 0 atom stereocenters. The number of ether oxygens (including phenoxy) is 1. The van der Waals surface area contributed by atoms with Crippen molar-refractivity contribution in [3.63, 3.8) is 0 Å². The van der Waals surface area contributed by atoms with Crippen LogP contribution in [0.25, 0.3) is 11.3 Å². The molecule has 0 radical (unpaired) electrons. The van der Waals surface area contributed by atoms with Crippen molar-refractivity contribution in [1.29, 1.82) is 0 Å². The highest BCUT2D eigenvalue weighted by molar-refractivity contribution is 5.64. The van der Waals surface area contributed by atoms with E-state index < -0.39 is 0 Å². The van der Waals surface area contributed by atoms with Crippen LogP contribution in [0.4, 0.5) is 5.82 Å². The van der Waals surface area contributed by atoms with Crippen molar-refractivity contribution < 1.29 is 4.74 Å². The van der Waals surface area contributed by atoms with E-state index in [0.29, 0.717) is 5.82 Å². The van der Waals surface area contributed by atoms with E-state index in [4.69, 9.17) is 10.5 Å². The van der Waals surface area contributed by atoms with Gasteiger partial charge in [-0.05, 0) is 45.0 Å². The lowest BCUT2D eigenvalue weighted by Gasteiger charge is -2.22. The first-order valence-electron chi connectivity index (χ1n) is 5.92. The van der Waals surface area contributed by atoms with E-state index in [9.17, 15) is 0 Å². The largest absolute Gasteiger partial charge is 0.497 e. The molecule has 18 heavy (non-hydrogen) atoms. The topological polar surface area (TPSA) is 53.1 Å². The lowest BCUT2D eigenvalue weighted by Crippen LogP contribution is -2.24. The first-order chi connectivity index (χ1) is 8.41. The van der Waals surface area contributed by atoms with E-state index >= 15 is 0 Å². The number of nitrogens with two attached hydrogens (primary N) is 1. The predicted molar refractivity (Wildman–Crippen MR) is 73.6 cm³/mol. The highest BCUT2D eigenvalue weighted by Gasteiger charge is 2.19. The second-order valence-corrected chi connectivity index (χ2v) is 5.27. The number of benzene rings is 1. The molecule has 96 valence electrons. The number of aromatic nitrogens is 2. The molecule has 0 aliphatic carbocycles. The molecule has 0 saturated carbocycles. The monoisotopic (exact) mass is 245 g/mol. The smallest absolute Gasteiger partial charge is 0.146 e. The molecule has 0 amide bonds. The van der Waals surface area contributed by atoms with Gasteiger partial charge in [-0.25, -0.2) is 0 Å². The maximum absolute atomic E-state index is 5.81. The van der Waals surface area contributed by atoms with Crippen LogP contribution in [-0.2, 0) is 5.54 Å². The average molecular weight is 245 g/mol. The summed E-state index contributed by atoms with van der Waals surface area (Å²) in [5.74, 6) is 1.38. The van der Waals surface area contributed by atoms with Gasteiger partial charge in [0.1, 0.15) is 11.6 Å². The van der Waals surface area contributed by atoms with Crippen molar-refractivity contribution in [2.24, 2.45) is 0 Å². The Morgan fingerprint density at radius 1 is 1.17 bits per heavy atom. The summed E-state index contributed by atoms with van der Waals surface area (Å²) in [6.45, 7) is 6.31. The summed E-state index contributed by atoms with van der Waals surface area (Å²) in [7, 11) is 1.66. The molecule has 0 saturated heterocycles. The Morgan fingerprint density at radius 3 is 2.28 bits per heavy atom. The minimum atomic E-state index is -0.104. The van der Waals surface area contributed by atoms with Crippen LogP contribution in [0.3, 0.4) is 0 Å². The Bertz CT molecular complexity index is 535. The molecule has 1 aromatic carbocycles. The highest BCUT2D eigenvalue weighted by Crippen LogP contribution is 2.28. The molecule has 2 N–H and O–H groups in total. The minimum Gasteiger partial charge on any atom is -0.497 e. The first kappa shape index (κ1) is 12.5. The second kappa shape index (κ2) is 4.37. The van der Waals surface area contributed by atoms with Crippen LogP contribution in [0.5, 0.6) is 5.75 Å². The van der Waals surface area contributed by atoms with Gasteiger partial charge >= 0.3 is 0 Å². The summed E-state index contributed by atoms with van der Waals surface area (Å²) in [4.78, 5) is 0. The molecule has 4 nitrogen and oxygen atoms in total. The summed E-state index contributed by atoms with van der Waals surface area (Å²) < 4.78 is 7.11. The third-order valence-corrected chi connectivity index (χ3v) is 2.75. The fourth-order valence-electron chi connectivity index (χ4n) is 1.88. The molecule has 4 heteroatoms. The Kier molecular flexibility index (Phi) is 3.03. The van der Waals surface area contributed by atoms with Crippen molar-refractivity contribution in [3.05, 3.63) is 30.3 Å². The third kappa shape index (κ3) is 2.32. The van der Waals surface area contributed by atoms with E-state index in [2.05, 4.69) is 25.9 Å². The number of methoxy groups -OCH3 is 1. The Balaban J connectivity index is 2.49. The van der Waals surface area contributed by atoms with Crippen molar-refractivity contribution in [1.82, 2.24) is 9.78 Å². The SMILES string of the molecule is COc1ccc(-c2cc(N)nn2C(C)(C)C)cc1. The molecule has 1 heterocycles. The van der Waals surface area contributed by atoms with Gasteiger partial charge in [0.15, 0.2) is 0 Å². The Hall–Kier alpha value is -1.97. The molecule has 2 aromatic rings. The zero-order valence-electron chi connectivity index (χ0n) is 11.3. The van der Waals surface area contributed by atoms with Crippen LogP contribution in [0.2, 0.25) is 0 Å². The number of hydrogen-bond donors (Lipinski definition) is 1. The van der Waals surface area contributed by atoms with Crippen LogP contribution in [0, 0.1) is 0 Å². The molecule has 0 spiro atoms. The normalized spacial score (nSPS) is 11.6. The van der Waals surface area contributed by atoms with Gasteiger partial charge in [0.05, 0.1) is 18.3 Å². The van der Waals surface area contributed by atoms with Crippen molar-refractivity contribution in [2.75, 3.05) is 12.8 Å². The maximum Gasteiger partial charge on any atom is 0.146 e. The van der Waals surface area contributed by atoms with Gasteiger partial charge in [-0.1, -0.05) is 0 Å². The highest BCUT2D eigenvalue weighted by atomic mass is 16.5. The van der Waals surface area contributed by atoms with Gasteiger partial charge in [0.25, 0.3) is 0 Å². The molecule has 0 aliphatic rings. The van der Waals surface area contributed by atoms with Gasteiger partial charge < -0.3 is 10.5 Å². The van der Waals surface area contributed by atoms with Gasteiger partial charge in [-0.2, -0.15) is 5.10 Å². The summed E-state index contributed by atoms with van der Waals surface area (Å²) in [6.07, 6.45) is 0. The summed E-state index contributed by atoms with van der Waals surface area (Å²) in [5, 5.41) is 4.36. The Labute approximate surface area is 107 Å². The van der Waals surface area contributed by atoms with E-state index in [0.717, 1.165) is 17.0 Å². The van der Waals surface area contributed by atoms with Gasteiger partial charge in [0, 0.05) is 11.6 Å². The fraction of sp³-hybridized carbons (Fsp3) is 0.357. The standard InChI is InChI=1S/C14H19N3O/c1-14(2,3)17-12(9-13(15)16-17)10-5-7-11(18-4)8-6-10/h5-9H,1-4H3,(H2,15,16). The van der Waals surface area contributed by atoms with Crippen molar-refractivity contribution in [2.45, 2.75) is 26.3 Å². The first-order valence-corrected chi connectivity index (χ1v) is 5.92. The van der Waals surface area contributed by atoms with Crippen LogP contribution < -0.4 is 10.5 Å². The molecule has 0 unspecified atom stereocenters. The molecular formula is C14H19N3O. The lowest BCUT2D eigenvalue weighted by molar-refractivity contribution is 0.361. The fourth-order valence-corrected chi connectivity index (χ4v) is 1.88. The zero-order chi connectivity index (χ0) is 13.3. The summed E-state index contributed by atoms with van der Waals surface area (Å²) >= 11 is 0.